The van der Waals surface area contributed by atoms with Gasteiger partial charge in [0.1, 0.15) is 5.56 Å². The van der Waals surface area contributed by atoms with Gasteiger partial charge in [0.05, 0.1) is 0 Å². The van der Waals surface area contributed by atoms with E-state index in [0.717, 1.165) is 0 Å². The maximum atomic E-state index is 12.8. The molecule has 1 rings (SSSR count). The number of rotatable bonds is 3. The van der Waals surface area contributed by atoms with Crippen molar-refractivity contribution in [1.82, 2.24) is 4.98 Å². The quantitative estimate of drug-likeness (QED) is 0.662. The summed E-state index contributed by atoms with van der Waals surface area (Å²) in [4.78, 5) is 2.67. The van der Waals surface area contributed by atoms with Crippen molar-refractivity contribution in [3.63, 3.8) is 0 Å². The normalized spacial score (nSPS) is 13.3. The molecule has 2 N–H and O–H groups in total. The molecule has 0 unspecified atom stereocenters. The Morgan fingerprint density at radius 1 is 1.24 bits per heavy atom. The largest absolute Gasteiger partial charge is 0.574 e. The summed E-state index contributed by atoms with van der Waals surface area (Å²) in [6.07, 6.45) is -10.8. The Morgan fingerprint density at radius 3 is 2.10 bits per heavy atom. The Bertz CT molecular complexity index is 643. The second kappa shape index (κ2) is 5.50. The lowest BCUT2D eigenvalue weighted by Gasteiger charge is -2.17. The van der Waals surface area contributed by atoms with Gasteiger partial charge in [-0.2, -0.15) is 18.2 Å². The molecule has 0 aliphatic heterocycles. The van der Waals surface area contributed by atoms with Crippen LogP contribution >= 0.6 is 10.7 Å². The molecule has 0 saturated carbocycles. The van der Waals surface area contributed by atoms with Crippen LogP contribution in [0.2, 0.25) is 0 Å². The summed E-state index contributed by atoms with van der Waals surface area (Å²) in [5.41, 5.74) is 2.10. The summed E-state index contributed by atoms with van der Waals surface area (Å²) in [6.45, 7) is -0.912. The molecule has 0 atom stereocenters. The molecule has 1 aromatic heterocycles. The molecule has 5 nitrogen and oxygen atoms in total. The molecule has 0 saturated heterocycles. The fourth-order valence-corrected chi connectivity index (χ4v) is 2.03. The molecular formula is C8H5ClF6N2O3S. The van der Waals surface area contributed by atoms with E-state index in [1.54, 1.807) is 0 Å². The van der Waals surface area contributed by atoms with Gasteiger partial charge in [0.2, 0.25) is 5.88 Å². The molecular weight excluding hydrogens is 354 g/mol. The van der Waals surface area contributed by atoms with Crippen LogP contribution in [0.25, 0.3) is 0 Å². The van der Waals surface area contributed by atoms with E-state index in [2.05, 4.69) is 9.72 Å². The molecule has 120 valence electrons. The predicted octanol–water partition coefficient (Wildman–Crippen LogP) is 2.39. The van der Waals surface area contributed by atoms with Crippen molar-refractivity contribution < 1.29 is 39.5 Å². The number of halogens is 7. The van der Waals surface area contributed by atoms with E-state index in [1.807, 2.05) is 0 Å². The zero-order chi connectivity index (χ0) is 16.6. The molecule has 1 heterocycles. The molecule has 0 radical (unpaired) electrons. The molecule has 0 amide bonds. The number of hydrogen-bond donors (Lipinski definition) is 1. The molecule has 1 aromatic rings. The van der Waals surface area contributed by atoms with E-state index in [1.165, 1.54) is 0 Å². The summed E-state index contributed by atoms with van der Waals surface area (Å²) in [6, 6.07) is 0.328. The highest BCUT2D eigenvalue weighted by atomic mass is 35.7. The number of ether oxygens (including phenoxy) is 1. The Labute approximate surface area is 118 Å². The fourth-order valence-electron chi connectivity index (χ4n) is 1.32. The summed E-state index contributed by atoms with van der Waals surface area (Å²) in [7, 11) is 0.163. The highest BCUT2D eigenvalue weighted by Crippen LogP contribution is 2.40. The summed E-state index contributed by atoms with van der Waals surface area (Å²) >= 11 is 0. The standard InChI is InChI=1S/C8H5ClF6N2O3S/c9-21(18,19)4-1-3(2-16)5(7(10,11)12)6(17-4)20-8(13,14)15/h1H,2,16H2. The van der Waals surface area contributed by atoms with Gasteiger partial charge in [-0.05, 0) is 11.6 Å². The maximum Gasteiger partial charge on any atom is 0.574 e. The monoisotopic (exact) mass is 358 g/mol. The first-order valence-corrected chi connectivity index (χ1v) is 7.08. The molecule has 0 aromatic carbocycles. The van der Waals surface area contributed by atoms with Crippen LogP contribution in [0.15, 0.2) is 11.1 Å². The van der Waals surface area contributed by atoms with Crippen molar-refractivity contribution in [2.24, 2.45) is 5.73 Å². The van der Waals surface area contributed by atoms with Crippen LogP contribution in [0.3, 0.4) is 0 Å². The van der Waals surface area contributed by atoms with Crippen molar-refractivity contribution in [1.29, 1.82) is 0 Å². The topological polar surface area (TPSA) is 82.3 Å². The average Bonchev–Trinajstić information content (AvgIpc) is 2.22. The van der Waals surface area contributed by atoms with Gasteiger partial charge >= 0.3 is 12.5 Å². The van der Waals surface area contributed by atoms with E-state index in [-0.39, 0.29) is 0 Å². The Kier molecular flexibility index (Phi) is 4.65. The Balaban J connectivity index is 3.69. The lowest BCUT2D eigenvalue weighted by atomic mass is 10.1. The van der Waals surface area contributed by atoms with Crippen LogP contribution in [0.1, 0.15) is 11.1 Å². The Hall–Kier alpha value is -1.27. The Morgan fingerprint density at radius 2 is 1.76 bits per heavy atom. The first kappa shape index (κ1) is 17.8. The lowest BCUT2D eigenvalue weighted by molar-refractivity contribution is -0.278. The summed E-state index contributed by atoms with van der Waals surface area (Å²) < 4.78 is 99.9. The SMILES string of the molecule is NCc1cc(S(=O)(=O)Cl)nc(OC(F)(F)F)c1C(F)(F)F. The third-order valence-corrected chi connectivity index (χ3v) is 3.19. The molecule has 0 aliphatic carbocycles. The summed E-state index contributed by atoms with van der Waals surface area (Å²) in [5.74, 6) is -1.99. The van der Waals surface area contributed by atoms with E-state index in [4.69, 9.17) is 16.4 Å². The molecule has 0 aliphatic rings. The highest BCUT2D eigenvalue weighted by molar-refractivity contribution is 8.13. The first-order valence-electron chi connectivity index (χ1n) is 4.77. The van der Waals surface area contributed by atoms with Crippen molar-refractivity contribution in [3.8, 4) is 5.88 Å². The van der Waals surface area contributed by atoms with Crippen molar-refractivity contribution in [2.45, 2.75) is 24.1 Å². The number of alkyl halides is 6. The van der Waals surface area contributed by atoms with Crippen molar-refractivity contribution >= 4 is 19.7 Å². The van der Waals surface area contributed by atoms with Gasteiger partial charge in [-0.25, -0.2) is 8.42 Å². The molecule has 0 bridgehead atoms. The minimum Gasteiger partial charge on any atom is -0.387 e. The van der Waals surface area contributed by atoms with E-state index < -0.39 is 50.2 Å². The van der Waals surface area contributed by atoms with Gasteiger partial charge in [-0.3, -0.25) is 0 Å². The van der Waals surface area contributed by atoms with Gasteiger partial charge in [0, 0.05) is 17.2 Å². The van der Waals surface area contributed by atoms with Crippen molar-refractivity contribution in [3.05, 3.63) is 17.2 Å². The second-order valence-electron chi connectivity index (χ2n) is 3.49. The van der Waals surface area contributed by atoms with Gasteiger partial charge < -0.3 is 10.5 Å². The van der Waals surface area contributed by atoms with Gasteiger partial charge in [0.15, 0.2) is 5.03 Å². The third kappa shape index (κ3) is 4.61. The van der Waals surface area contributed by atoms with Crippen LogP contribution in [-0.4, -0.2) is 19.8 Å². The van der Waals surface area contributed by atoms with Crippen LogP contribution in [0.5, 0.6) is 5.88 Å². The number of hydrogen-bond acceptors (Lipinski definition) is 5. The number of pyridine rings is 1. The van der Waals surface area contributed by atoms with Gasteiger partial charge in [0.25, 0.3) is 9.05 Å². The fraction of sp³-hybridized carbons (Fsp3) is 0.375. The average molecular weight is 359 g/mol. The zero-order valence-electron chi connectivity index (χ0n) is 9.59. The maximum absolute atomic E-state index is 12.8. The highest BCUT2D eigenvalue weighted by Gasteiger charge is 2.43. The van der Waals surface area contributed by atoms with E-state index in [9.17, 15) is 34.8 Å². The van der Waals surface area contributed by atoms with Gasteiger partial charge in [-0.1, -0.05) is 0 Å². The van der Waals surface area contributed by atoms with Crippen LogP contribution in [-0.2, 0) is 21.8 Å². The van der Waals surface area contributed by atoms with E-state index in [0.29, 0.717) is 6.07 Å². The van der Waals surface area contributed by atoms with Crippen molar-refractivity contribution in [2.75, 3.05) is 0 Å². The zero-order valence-corrected chi connectivity index (χ0v) is 11.2. The molecule has 13 heteroatoms. The first-order chi connectivity index (χ1) is 9.25. The molecule has 21 heavy (non-hydrogen) atoms. The van der Waals surface area contributed by atoms with Crippen LogP contribution < -0.4 is 10.5 Å². The smallest absolute Gasteiger partial charge is 0.387 e. The van der Waals surface area contributed by atoms with Gasteiger partial charge in [-0.15, -0.1) is 13.2 Å². The minimum absolute atomic E-state index is 0.328. The summed E-state index contributed by atoms with van der Waals surface area (Å²) in [5, 5.41) is -1.24. The molecule has 0 spiro atoms. The number of nitrogens with zero attached hydrogens (tertiary/aromatic N) is 1. The lowest BCUT2D eigenvalue weighted by Crippen LogP contribution is -2.23. The van der Waals surface area contributed by atoms with E-state index >= 15 is 0 Å². The van der Waals surface area contributed by atoms with Crippen LogP contribution in [0, 0.1) is 0 Å². The van der Waals surface area contributed by atoms with Crippen LogP contribution in [0.4, 0.5) is 26.3 Å². The second-order valence-corrected chi connectivity index (χ2v) is 6.00. The molecule has 0 fully saturated rings. The predicted molar refractivity (Wildman–Crippen MR) is 56.9 cm³/mol. The number of nitrogens with two attached hydrogens (primary N) is 1. The minimum atomic E-state index is -5.52. The number of aromatic nitrogens is 1. The third-order valence-electron chi connectivity index (χ3n) is 2.01.